The summed E-state index contributed by atoms with van der Waals surface area (Å²) >= 11 is 6.56. The maximum absolute atomic E-state index is 6.56. The van der Waals surface area contributed by atoms with E-state index in [4.69, 9.17) is 11.6 Å². The Morgan fingerprint density at radius 2 is 1.78 bits per heavy atom. The van der Waals surface area contributed by atoms with Crippen molar-refractivity contribution < 1.29 is 0 Å². The van der Waals surface area contributed by atoms with Gasteiger partial charge in [0.25, 0.3) is 0 Å². The van der Waals surface area contributed by atoms with Gasteiger partial charge in [0, 0.05) is 43.2 Å². The summed E-state index contributed by atoms with van der Waals surface area (Å²) in [6.45, 7) is 4.25. The van der Waals surface area contributed by atoms with Gasteiger partial charge in [0.05, 0.1) is 0 Å². The Morgan fingerprint density at radius 3 is 2.57 bits per heavy atom. The molecule has 0 aliphatic carbocycles. The molecule has 0 radical (unpaired) electrons. The molecule has 0 bridgehead atoms. The van der Waals surface area contributed by atoms with E-state index >= 15 is 0 Å². The van der Waals surface area contributed by atoms with Gasteiger partial charge in [-0.1, -0.05) is 54.1 Å². The van der Waals surface area contributed by atoms with Gasteiger partial charge in [0.1, 0.15) is 0 Å². The van der Waals surface area contributed by atoms with Gasteiger partial charge in [0.15, 0.2) is 0 Å². The zero-order chi connectivity index (χ0) is 14.2. The molecular weight excluding hydrogens is 351 g/mol. The first kappa shape index (κ1) is 18.6. The Bertz CT molecular complexity index is 648. The number of piperazine rings is 1. The Morgan fingerprint density at radius 1 is 1.00 bits per heavy atom. The zero-order valence-electron chi connectivity index (χ0n) is 12.7. The third-order valence-electron chi connectivity index (χ3n) is 4.77. The number of nitrogens with zero attached hydrogens (tertiary/aromatic N) is 1. The van der Waals surface area contributed by atoms with Crippen LogP contribution in [0.3, 0.4) is 0 Å². The highest BCUT2D eigenvalue weighted by Gasteiger charge is 2.36. The highest BCUT2D eigenvalue weighted by atomic mass is 35.5. The van der Waals surface area contributed by atoms with Gasteiger partial charge >= 0.3 is 0 Å². The summed E-state index contributed by atoms with van der Waals surface area (Å²) in [5.74, 6) is 0.425. The number of hydrogen-bond donors (Lipinski definition) is 1. The first-order valence-corrected chi connectivity index (χ1v) is 8.00. The van der Waals surface area contributed by atoms with Crippen LogP contribution in [0.2, 0.25) is 5.02 Å². The van der Waals surface area contributed by atoms with Gasteiger partial charge in [-0.3, -0.25) is 4.90 Å². The second kappa shape index (κ2) is 7.87. The number of halogens is 3. The van der Waals surface area contributed by atoms with Crippen LogP contribution in [0.15, 0.2) is 48.5 Å². The Kier molecular flexibility index (Phi) is 6.35. The number of rotatable bonds is 1. The van der Waals surface area contributed by atoms with Gasteiger partial charge in [-0.2, -0.15) is 0 Å². The van der Waals surface area contributed by atoms with Crippen molar-refractivity contribution >= 4 is 36.4 Å². The smallest absolute Gasteiger partial charge is 0.0491 e. The van der Waals surface area contributed by atoms with E-state index in [1.54, 1.807) is 0 Å². The van der Waals surface area contributed by atoms with Crippen molar-refractivity contribution in [2.45, 2.75) is 12.0 Å². The summed E-state index contributed by atoms with van der Waals surface area (Å²) in [7, 11) is 0. The molecule has 2 aromatic carbocycles. The predicted octanol–water partition coefficient (Wildman–Crippen LogP) is 4.28. The molecule has 23 heavy (non-hydrogen) atoms. The largest absolute Gasteiger partial charge is 0.314 e. The predicted molar refractivity (Wildman–Crippen MR) is 101 cm³/mol. The molecule has 4 rings (SSSR count). The molecule has 0 amide bonds. The molecule has 2 atom stereocenters. The van der Waals surface area contributed by atoms with E-state index in [1.165, 1.54) is 16.7 Å². The van der Waals surface area contributed by atoms with Crippen LogP contribution in [0.5, 0.6) is 0 Å². The van der Waals surface area contributed by atoms with Crippen molar-refractivity contribution in [3.05, 3.63) is 70.2 Å². The van der Waals surface area contributed by atoms with E-state index in [9.17, 15) is 0 Å². The molecule has 2 heterocycles. The maximum Gasteiger partial charge on any atom is 0.0491 e. The van der Waals surface area contributed by atoms with Crippen LogP contribution in [0.1, 0.15) is 28.7 Å². The number of hydrogen-bond acceptors (Lipinski definition) is 2. The first-order valence-electron chi connectivity index (χ1n) is 7.62. The van der Waals surface area contributed by atoms with Crippen LogP contribution in [-0.4, -0.2) is 31.1 Å². The second-order valence-corrected chi connectivity index (χ2v) is 6.33. The summed E-state index contributed by atoms with van der Waals surface area (Å²) in [6.07, 6.45) is 0. The molecule has 0 saturated carbocycles. The van der Waals surface area contributed by atoms with Crippen LogP contribution in [0.25, 0.3) is 0 Å². The molecule has 0 aromatic heterocycles. The minimum Gasteiger partial charge on any atom is -0.314 e. The van der Waals surface area contributed by atoms with Crippen molar-refractivity contribution in [3.63, 3.8) is 0 Å². The Labute approximate surface area is 155 Å². The average molecular weight is 372 g/mol. The zero-order valence-corrected chi connectivity index (χ0v) is 15.1. The lowest BCUT2D eigenvalue weighted by Gasteiger charge is -2.44. The van der Waals surface area contributed by atoms with Crippen LogP contribution in [0, 0.1) is 0 Å². The van der Waals surface area contributed by atoms with Crippen molar-refractivity contribution in [2.24, 2.45) is 0 Å². The fourth-order valence-electron chi connectivity index (χ4n) is 3.76. The van der Waals surface area contributed by atoms with Crippen LogP contribution < -0.4 is 5.32 Å². The van der Waals surface area contributed by atoms with Crippen molar-refractivity contribution in [1.29, 1.82) is 0 Å². The lowest BCUT2D eigenvalue weighted by atomic mass is 9.80. The summed E-state index contributed by atoms with van der Waals surface area (Å²) < 4.78 is 0. The standard InChI is InChI=1S/C18H19ClN2.2ClH/c19-16-8-4-7-14-15(13-5-2-1-3-6-13)12-21-10-9-20-11-17(21)18(14)16;;/h1-8,15,17,20H,9-12H2;2*1H/t15-,17-;;/m0../s1. The van der Waals surface area contributed by atoms with Gasteiger partial charge in [-0.15, -0.1) is 24.8 Å². The van der Waals surface area contributed by atoms with Gasteiger partial charge < -0.3 is 5.32 Å². The highest BCUT2D eigenvalue weighted by Crippen LogP contribution is 2.42. The van der Waals surface area contributed by atoms with E-state index in [2.05, 4.69) is 52.7 Å². The summed E-state index contributed by atoms with van der Waals surface area (Å²) in [5.41, 5.74) is 4.11. The van der Waals surface area contributed by atoms with Gasteiger partial charge in [-0.05, 0) is 22.8 Å². The van der Waals surface area contributed by atoms with E-state index in [1.807, 2.05) is 6.07 Å². The number of benzene rings is 2. The molecule has 124 valence electrons. The Hall–Kier alpha value is -0.770. The minimum absolute atomic E-state index is 0. The molecule has 2 nitrogen and oxygen atoms in total. The third-order valence-corrected chi connectivity index (χ3v) is 5.10. The molecule has 2 aliphatic heterocycles. The first-order chi connectivity index (χ1) is 10.3. The van der Waals surface area contributed by atoms with Crippen molar-refractivity contribution in [3.8, 4) is 0 Å². The van der Waals surface area contributed by atoms with E-state index in [0.29, 0.717) is 12.0 Å². The summed E-state index contributed by atoms with van der Waals surface area (Å²) in [5, 5.41) is 4.42. The normalized spacial score (nSPS) is 23.0. The molecule has 1 saturated heterocycles. The molecule has 2 aliphatic rings. The third kappa shape index (κ3) is 3.38. The molecule has 2 aromatic rings. The monoisotopic (exact) mass is 370 g/mol. The highest BCUT2D eigenvalue weighted by molar-refractivity contribution is 6.31. The number of nitrogens with one attached hydrogen (secondary N) is 1. The Balaban J connectivity index is 0.000000960. The fourth-order valence-corrected chi connectivity index (χ4v) is 4.07. The average Bonchev–Trinajstić information content (AvgIpc) is 2.55. The van der Waals surface area contributed by atoms with E-state index in [0.717, 1.165) is 31.2 Å². The molecule has 0 unspecified atom stereocenters. The summed E-state index contributed by atoms with van der Waals surface area (Å²) in [6, 6.07) is 17.6. The lowest BCUT2D eigenvalue weighted by molar-refractivity contribution is 0.143. The SMILES string of the molecule is Cl.Cl.Clc1cccc2c1[C@@H]1CNCCN1C[C@H]2c1ccccc1. The van der Waals surface area contributed by atoms with E-state index in [-0.39, 0.29) is 24.8 Å². The van der Waals surface area contributed by atoms with E-state index < -0.39 is 0 Å². The van der Waals surface area contributed by atoms with Crippen molar-refractivity contribution in [2.75, 3.05) is 26.2 Å². The van der Waals surface area contributed by atoms with Crippen LogP contribution in [-0.2, 0) is 0 Å². The lowest BCUT2D eigenvalue weighted by Crippen LogP contribution is -2.50. The molecule has 1 fully saturated rings. The van der Waals surface area contributed by atoms with Crippen LogP contribution >= 0.6 is 36.4 Å². The molecule has 0 spiro atoms. The number of fused-ring (bicyclic) bond motifs is 3. The topological polar surface area (TPSA) is 15.3 Å². The molecular formula is C18H21Cl3N2. The maximum atomic E-state index is 6.56. The van der Waals surface area contributed by atoms with Gasteiger partial charge in [0.2, 0.25) is 0 Å². The second-order valence-electron chi connectivity index (χ2n) is 5.92. The van der Waals surface area contributed by atoms with Crippen LogP contribution in [0.4, 0.5) is 0 Å². The summed E-state index contributed by atoms with van der Waals surface area (Å²) in [4.78, 5) is 2.59. The molecule has 5 heteroatoms. The fraction of sp³-hybridized carbons (Fsp3) is 0.333. The van der Waals surface area contributed by atoms with Crippen molar-refractivity contribution in [1.82, 2.24) is 10.2 Å². The van der Waals surface area contributed by atoms with Gasteiger partial charge in [-0.25, -0.2) is 0 Å². The molecule has 1 N–H and O–H groups in total. The minimum atomic E-state index is 0. The quantitative estimate of drug-likeness (QED) is 0.805.